The Morgan fingerprint density at radius 1 is 1.29 bits per heavy atom. The summed E-state index contributed by atoms with van der Waals surface area (Å²) < 4.78 is 18.6. The predicted molar refractivity (Wildman–Crippen MR) is 146 cm³/mol. The molecule has 0 spiro atoms. The largest absolute Gasteiger partial charge is 0.340 e. The van der Waals surface area contributed by atoms with Crippen LogP contribution in [0.4, 0.5) is 0 Å². The Bertz CT molecular complexity index is 1080. The van der Waals surface area contributed by atoms with Crippen molar-refractivity contribution in [3.63, 3.8) is 0 Å². The topological polar surface area (TPSA) is 54.3 Å². The van der Waals surface area contributed by atoms with Crippen molar-refractivity contribution in [2.75, 3.05) is 14.1 Å². The van der Waals surface area contributed by atoms with E-state index in [1.54, 1.807) is 14.1 Å². The Kier molecular flexibility index (Phi) is 11.0. The van der Waals surface area contributed by atoms with Crippen LogP contribution in [0, 0.1) is 0 Å². The Hall–Kier alpha value is -2.44. The molecule has 1 amide bonds. The zero-order valence-corrected chi connectivity index (χ0v) is 22.5. The van der Waals surface area contributed by atoms with E-state index in [1.807, 2.05) is 18.2 Å². The zero-order chi connectivity index (χ0) is 25.3. The molecule has 6 heteroatoms. The van der Waals surface area contributed by atoms with Gasteiger partial charge in [0.15, 0.2) is 11.2 Å². The van der Waals surface area contributed by atoms with Gasteiger partial charge in [-0.25, -0.2) is 8.51 Å². The molecule has 0 bridgehead atoms. The molecule has 2 unspecified atom stereocenters. The van der Waals surface area contributed by atoms with Gasteiger partial charge in [0.25, 0.3) is 5.91 Å². The lowest BCUT2D eigenvalue weighted by Crippen LogP contribution is -2.34. The molecule has 2 rings (SSSR count). The van der Waals surface area contributed by atoms with E-state index in [-0.39, 0.29) is 5.91 Å². The quantitative estimate of drug-likeness (QED) is 0.333. The zero-order valence-electron chi connectivity index (χ0n) is 21.7. The monoisotopic (exact) mass is 483 g/mol. The fraction of sp³-hybridized carbons (Fsp3) is 0.464. The average molecular weight is 484 g/mol. The second kappa shape index (κ2) is 13.4. The molecular formula is C28H41N3O2S. The maximum absolute atomic E-state index is 12.9. The molecule has 1 heterocycles. The molecule has 186 valence electrons. The van der Waals surface area contributed by atoms with Gasteiger partial charge in [-0.1, -0.05) is 56.2 Å². The number of amides is 1. The second-order valence-electron chi connectivity index (χ2n) is 8.91. The van der Waals surface area contributed by atoms with Gasteiger partial charge in [0, 0.05) is 49.2 Å². The molecular weight excluding hydrogens is 442 g/mol. The van der Waals surface area contributed by atoms with Crippen LogP contribution in [0.25, 0.3) is 10.9 Å². The first-order valence-corrected chi connectivity index (χ1v) is 13.3. The molecule has 34 heavy (non-hydrogen) atoms. The second-order valence-corrected chi connectivity index (χ2v) is 10.3. The minimum absolute atomic E-state index is 0.335. The van der Waals surface area contributed by atoms with Gasteiger partial charge in [0.2, 0.25) is 0 Å². The SMILES string of the molecule is C=CC/C=C(/C)Cn1c(C/C=C\C)c(C(CC)CCC)c2ccc(C(=O)NS(=O)N(C)C)cc21. The van der Waals surface area contributed by atoms with Gasteiger partial charge in [0.05, 0.1) is 0 Å². The average Bonchev–Trinajstić information content (AvgIpc) is 3.11. The van der Waals surface area contributed by atoms with Crippen molar-refractivity contribution in [2.45, 2.75) is 72.3 Å². The summed E-state index contributed by atoms with van der Waals surface area (Å²) in [7, 11) is 3.34. The van der Waals surface area contributed by atoms with E-state index in [0.717, 1.165) is 44.2 Å². The third-order valence-corrected chi connectivity index (χ3v) is 7.14. The number of rotatable bonds is 13. The number of benzene rings is 1. The van der Waals surface area contributed by atoms with E-state index in [1.165, 1.54) is 26.5 Å². The van der Waals surface area contributed by atoms with Gasteiger partial charge in [-0.15, -0.1) is 6.58 Å². The van der Waals surface area contributed by atoms with Crippen LogP contribution < -0.4 is 4.72 Å². The van der Waals surface area contributed by atoms with Crippen molar-refractivity contribution in [1.29, 1.82) is 0 Å². The number of aromatic nitrogens is 1. The number of hydrogen-bond donors (Lipinski definition) is 1. The third kappa shape index (κ3) is 6.80. The van der Waals surface area contributed by atoms with Gasteiger partial charge in [-0.05, 0) is 56.7 Å². The number of hydrogen-bond acceptors (Lipinski definition) is 2. The molecule has 1 aromatic heterocycles. The predicted octanol–water partition coefficient (Wildman–Crippen LogP) is 6.45. The first-order chi connectivity index (χ1) is 16.3. The molecule has 2 atom stereocenters. The van der Waals surface area contributed by atoms with Crippen LogP contribution >= 0.6 is 0 Å². The van der Waals surface area contributed by atoms with Crippen molar-refractivity contribution in [3.8, 4) is 0 Å². The summed E-state index contributed by atoms with van der Waals surface area (Å²) in [5.41, 5.74) is 5.55. The van der Waals surface area contributed by atoms with Gasteiger partial charge in [-0.2, -0.15) is 0 Å². The fourth-order valence-corrected chi connectivity index (χ4v) is 4.84. The van der Waals surface area contributed by atoms with Crippen molar-refractivity contribution >= 4 is 28.0 Å². The Morgan fingerprint density at radius 3 is 2.62 bits per heavy atom. The van der Waals surface area contributed by atoms with Crippen LogP contribution in [0.2, 0.25) is 0 Å². The number of nitrogens with one attached hydrogen (secondary N) is 1. The molecule has 0 fully saturated rings. The van der Waals surface area contributed by atoms with Crippen molar-refractivity contribution in [2.24, 2.45) is 0 Å². The highest BCUT2D eigenvalue weighted by Crippen LogP contribution is 2.38. The summed E-state index contributed by atoms with van der Waals surface area (Å²) >= 11 is -1.57. The Labute approximate surface area is 208 Å². The maximum Gasteiger partial charge on any atom is 0.264 e. The van der Waals surface area contributed by atoms with E-state index in [0.29, 0.717) is 11.5 Å². The maximum atomic E-state index is 12.9. The van der Waals surface area contributed by atoms with E-state index in [9.17, 15) is 9.00 Å². The lowest BCUT2D eigenvalue weighted by atomic mass is 9.89. The number of carbonyl (C=O) groups excluding carboxylic acids is 1. The number of fused-ring (bicyclic) bond motifs is 1. The molecule has 0 saturated heterocycles. The molecule has 0 radical (unpaired) electrons. The molecule has 0 saturated carbocycles. The molecule has 0 aliphatic carbocycles. The standard InChI is InChI=1S/C28H41N3O2S/c1-8-12-15-21(5)20-31-25(16-13-9-2)27(22(11-4)14-10-3)24-18-17-23(19-26(24)31)28(32)29-34(33)30(6)7/h8-9,13,15,17-19,22H,1,10-12,14,16,20H2,2-7H3,(H,29,32)/b13-9-,21-15-. The van der Waals surface area contributed by atoms with Crippen molar-refractivity contribution < 1.29 is 9.00 Å². The smallest absolute Gasteiger partial charge is 0.264 e. The van der Waals surface area contributed by atoms with E-state index in [4.69, 9.17) is 0 Å². The van der Waals surface area contributed by atoms with Gasteiger partial charge >= 0.3 is 0 Å². The highest BCUT2D eigenvalue weighted by Gasteiger charge is 2.23. The third-order valence-electron chi connectivity index (χ3n) is 6.11. The van der Waals surface area contributed by atoms with E-state index in [2.05, 4.69) is 67.9 Å². The van der Waals surface area contributed by atoms with Crippen LogP contribution in [0.15, 0.2) is 54.7 Å². The Morgan fingerprint density at radius 2 is 2.03 bits per heavy atom. The highest BCUT2D eigenvalue weighted by atomic mass is 32.2. The van der Waals surface area contributed by atoms with Crippen LogP contribution in [0.3, 0.4) is 0 Å². The summed E-state index contributed by atoms with van der Waals surface area (Å²) in [5.74, 6) is 0.130. The number of allylic oxidation sites excluding steroid dienone is 5. The minimum Gasteiger partial charge on any atom is -0.340 e. The highest BCUT2D eigenvalue weighted by molar-refractivity contribution is 7.81. The Balaban J connectivity index is 2.75. The molecule has 0 aliphatic heterocycles. The molecule has 2 aromatic rings. The molecule has 5 nitrogen and oxygen atoms in total. The van der Waals surface area contributed by atoms with Crippen LogP contribution in [0.5, 0.6) is 0 Å². The van der Waals surface area contributed by atoms with E-state index >= 15 is 0 Å². The molecule has 0 aliphatic rings. The van der Waals surface area contributed by atoms with Gasteiger partial charge < -0.3 is 4.57 Å². The fourth-order valence-electron chi connectivity index (χ4n) is 4.39. The number of carbonyl (C=O) groups is 1. The molecule has 1 aromatic carbocycles. The lowest BCUT2D eigenvalue weighted by molar-refractivity contribution is 0.0981. The summed E-state index contributed by atoms with van der Waals surface area (Å²) in [6.45, 7) is 13.3. The van der Waals surface area contributed by atoms with Gasteiger partial charge in [-0.3, -0.25) is 9.52 Å². The summed E-state index contributed by atoms with van der Waals surface area (Å²) in [4.78, 5) is 12.9. The first kappa shape index (κ1) is 27.8. The first-order valence-electron chi connectivity index (χ1n) is 12.2. The van der Waals surface area contributed by atoms with Crippen LogP contribution in [0.1, 0.15) is 80.9 Å². The number of nitrogens with zero attached hydrogens (tertiary/aromatic N) is 2. The normalized spacial score (nSPS) is 14.1. The summed E-state index contributed by atoms with van der Waals surface area (Å²) in [6, 6.07) is 5.89. The summed E-state index contributed by atoms with van der Waals surface area (Å²) in [5, 5.41) is 1.21. The molecule has 1 N–H and O–H groups in total. The summed E-state index contributed by atoms with van der Waals surface area (Å²) in [6.07, 6.45) is 13.4. The van der Waals surface area contributed by atoms with Crippen LogP contribution in [-0.2, 0) is 24.1 Å². The van der Waals surface area contributed by atoms with Crippen LogP contribution in [-0.4, -0.2) is 33.1 Å². The van der Waals surface area contributed by atoms with Gasteiger partial charge in [0.1, 0.15) is 0 Å². The minimum atomic E-state index is -1.57. The van der Waals surface area contributed by atoms with E-state index < -0.39 is 11.2 Å². The lowest BCUT2D eigenvalue weighted by Gasteiger charge is -2.17. The van der Waals surface area contributed by atoms with Crippen molar-refractivity contribution in [3.05, 3.63) is 71.5 Å². The van der Waals surface area contributed by atoms with Crippen molar-refractivity contribution in [1.82, 2.24) is 13.6 Å².